The highest BCUT2D eigenvalue weighted by atomic mass is 35.5. The number of hydrogen-bond acceptors (Lipinski definition) is 3. The highest BCUT2D eigenvalue weighted by Crippen LogP contribution is 2.10. The Bertz CT molecular complexity index is 324. The molecule has 90 valence electrons. The third-order valence-electron chi connectivity index (χ3n) is 2.42. The third-order valence-corrected chi connectivity index (χ3v) is 2.42. The first-order valence-corrected chi connectivity index (χ1v) is 5.00. The van der Waals surface area contributed by atoms with Crippen molar-refractivity contribution in [1.29, 1.82) is 0 Å². The standard InChI is InChI=1S/C12H17NO2.ClH/c1-9-3-5-10(6-4-9)7-11(8-13)12(14)15-2;/h3-6,11H,7-8,13H2,1-2H3;1H. The van der Waals surface area contributed by atoms with Crippen molar-refractivity contribution in [2.75, 3.05) is 13.7 Å². The van der Waals surface area contributed by atoms with Gasteiger partial charge in [-0.15, -0.1) is 12.4 Å². The molecular formula is C12H18ClNO2. The van der Waals surface area contributed by atoms with Crippen molar-refractivity contribution in [3.63, 3.8) is 0 Å². The van der Waals surface area contributed by atoms with E-state index in [9.17, 15) is 4.79 Å². The molecule has 0 spiro atoms. The van der Waals surface area contributed by atoms with Crippen LogP contribution in [0.4, 0.5) is 0 Å². The number of hydrogen-bond donors (Lipinski definition) is 1. The third kappa shape index (κ3) is 4.21. The summed E-state index contributed by atoms with van der Waals surface area (Å²) in [5.41, 5.74) is 7.85. The number of carbonyl (C=O) groups is 1. The van der Waals surface area contributed by atoms with Crippen LogP contribution in [0.5, 0.6) is 0 Å². The molecular weight excluding hydrogens is 226 g/mol. The lowest BCUT2D eigenvalue weighted by atomic mass is 9.99. The highest BCUT2D eigenvalue weighted by molar-refractivity contribution is 5.85. The zero-order chi connectivity index (χ0) is 11.3. The van der Waals surface area contributed by atoms with Crippen LogP contribution in [0.15, 0.2) is 24.3 Å². The largest absolute Gasteiger partial charge is 0.469 e. The molecule has 0 aliphatic heterocycles. The van der Waals surface area contributed by atoms with Crippen molar-refractivity contribution in [1.82, 2.24) is 0 Å². The normalized spacial score (nSPS) is 11.4. The second kappa shape index (κ2) is 7.25. The molecule has 0 amide bonds. The van der Waals surface area contributed by atoms with Gasteiger partial charge in [0.2, 0.25) is 0 Å². The summed E-state index contributed by atoms with van der Waals surface area (Å²) >= 11 is 0. The number of methoxy groups -OCH3 is 1. The molecule has 0 heterocycles. The van der Waals surface area contributed by atoms with E-state index in [-0.39, 0.29) is 24.3 Å². The molecule has 2 N–H and O–H groups in total. The average Bonchev–Trinajstić information content (AvgIpc) is 2.27. The second-order valence-corrected chi connectivity index (χ2v) is 3.65. The fourth-order valence-corrected chi connectivity index (χ4v) is 1.44. The maximum atomic E-state index is 11.3. The molecule has 0 aromatic heterocycles. The highest BCUT2D eigenvalue weighted by Gasteiger charge is 2.17. The molecule has 1 atom stereocenters. The lowest BCUT2D eigenvalue weighted by Gasteiger charge is -2.12. The average molecular weight is 244 g/mol. The molecule has 0 aliphatic rings. The molecule has 1 aromatic carbocycles. The van der Waals surface area contributed by atoms with E-state index in [1.165, 1.54) is 12.7 Å². The number of halogens is 1. The number of esters is 1. The number of aryl methyl sites for hydroxylation is 1. The first-order chi connectivity index (χ1) is 7.17. The van der Waals surface area contributed by atoms with Crippen LogP contribution in [-0.4, -0.2) is 19.6 Å². The smallest absolute Gasteiger partial charge is 0.310 e. The minimum Gasteiger partial charge on any atom is -0.469 e. The van der Waals surface area contributed by atoms with Gasteiger partial charge in [-0.3, -0.25) is 4.79 Å². The summed E-state index contributed by atoms with van der Waals surface area (Å²) in [5, 5.41) is 0. The van der Waals surface area contributed by atoms with E-state index in [1.807, 2.05) is 31.2 Å². The van der Waals surface area contributed by atoms with E-state index in [2.05, 4.69) is 4.74 Å². The van der Waals surface area contributed by atoms with Crippen LogP contribution in [0.1, 0.15) is 11.1 Å². The topological polar surface area (TPSA) is 52.3 Å². The molecule has 3 nitrogen and oxygen atoms in total. The zero-order valence-corrected chi connectivity index (χ0v) is 10.4. The van der Waals surface area contributed by atoms with E-state index in [0.717, 1.165) is 5.56 Å². The van der Waals surface area contributed by atoms with Crippen molar-refractivity contribution < 1.29 is 9.53 Å². The number of nitrogens with two attached hydrogens (primary N) is 1. The lowest BCUT2D eigenvalue weighted by molar-refractivity contribution is -0.145. The van der Waals surface area contributed by atoms with Gasteiger partial charge in [-0.2, -0.15) is 0 Å². The molecule has 0 saturated carbocycles. The summed E-state index contributed by atoms with van der Waals surface area (Å²) in [6.07, 6.45) is 0.642. The number of rotatable bonds is 4. The summed E-state index contributed by atoms with van der Waals surface area (Å²) in [6.45, 7) is 2.35. The van der Waals surface area contributed by atoms with Gasteiger partial charge in [-0.1, -0.05) is 29.8 Å². The fourth-order valence-electron chi connectivity index (χ4n) is 1.44. The monoisotopic (exact) mass is 243 g/mol. The number of carbonyl (C=O) groups excluding carboxylic acids is 1. The maximum Gasteiger partial charge on any atom is 0.310 e. The predicted molar refractivity (Wildman–Crippen MR) is 66.7 cm³/mol. The second-order valence-electron chi connectivity index (χ2n) is 3.65. The van der Waals surface area contributed by atoms with Gasteiger partial charge < -0.3 is 10.5 Å². The van der Waals surface area contributed by atoms with E-state index in [0.29, 0.717) is 13.0 Å². The molecule has 16 heavy (non-hydrogen) atoms. The van der Waals surface area contributed by atoms with Crippen LogP contribution in [-0.2, 0) is 16.0 Å². The Morgan fingerprint density at radius 2 is 1.94 bits per heavy atom. The van der Waals surface area contributed by atoms with E-state index in [1.54, 1.807) is 0 Å². The van der Waals surface area contributed by atoms with Crippen molar-refractivity contribution in [3.05, 3.63) is 35.4 Å². The fraction of sp³-hybridized carbons (Fsp3) is 0.417. The SMILES string of the molecule is COC(=O)C(CN)Cc1ccc(C)cc1.Cl. The van der Waals surface area contributed by atoms with E-state index in [4.69, 9.17) is 5.73 Å². The van der Waals surface area contributed by atoms with Crippen molar-refractivity contribution in [2.45, 2.75) is 13.3 Å². The van der Waals surface area contributed by atoms with Gasteiger partial charge in [-0.25, -0.2) is 0 Å². The summed E-state index contributed by atoms with van der Waals surface area (Å²) in [6, 6.07) is 8.09. The van der Waals surface area contributed by atoms with Gasteiger partial charge in [0.05, 0.1) is 13.0 Å². The summed E-state index contributed by atoms with van der Waals surface area (Å²) in [5.74, 6) is -0.476. The number of benzene rings is 1. The molecule has 1 unspecified atom stereocenters. The minimum atomic E-state index is -0.238. The van der Waals surface area contributed by atoms with Gasteiger partial charge in [0.25, 0.3) is 0 Å². The predicted octanol–water partition coefficient (Wildman–Crippen LogP) is 1.71. The van der Waals surface area contributed by atoms with Gasteiger partial charge in [0, 0.05) is 6.54 Å². The number of ether oxygens (including phenoxy) is 1. The Morgan fingerprint density at radius 1 is 1.38 bits per heavy atom. The summed E-state index contributed by atoms with van der Waals surface area (Å²) in [7, 11) is 1.39. The van der Waals surface area contributed by atoms with Gasteiger partial charge >= 0.3 is 5.97 Å². The van der Waals surface area contributed by atoms with Crippen LogP contribution < -0.4 is 5.73 Å². The van der Waals surface area contributed by atoms with Crippen LogP contribution in [0.25, 0.3) is 0 Å². The Kier molecular flexibility index (Phi) is 6.77. The van der Waals surface area contributed by atoms with Crippen LogP contribution in [0.2, 0.25) is 0 Å². The lowest BCUT2D eigenvalue weighted by Crippen LogP contribution is -2.26. The zero-order valence-electron chi connectivity index (χ0n) is 9.60. The molecule has 0 radical (unpaired) electrons. The molecule has 0 fully saturated rings. The minimum absolute atomic E-state index is 0. The first kappa shape index (κ1) is 14.9. The van der Waals surface area contributed by atoms with Crippen LogP contribution >= 0.6 is 12.4 Å². The molecule has 1 aromatic rings. The quantitative estimate of drug-likeness (QED) is 0.820. The molecule has 0 saturated heterocycles. The van der Waals surface area contributed by atoms with Gasteiger partial charge in [-0.05, 0) is 18.9 Å². The maximum absolute atomic E-state index is 11.3. The summed E-state index contributed by atoms with van der Waals surface area (Å²) in [4.78, 5) is 11.3. The van der Waals surface area contributed by atoms with E-state index < -0.39 is 0 Å². The van der Waals surface area contributed by atoms with Gasteiger partial charge in [0.1, 0.15) is 0 Å². The Labute approximate surface area is 102 Å². The molecule has 1 rings (SSSR count). The Hall–Kier alpha value is -1.06. The Morgan fingerprint density at radius 3 is 2.38 bits per heavy atom. The molecule has 0 aliphatic carbocycles. The van der Waals surface area contributed by atoms with Crippen molar-refractivity contribution in [3.8, 4) is 0 Å². The van der Waals surface area contributed by atoms with E-state index >= 15 is 0 Å². The Balaban J connectivity index is 0.00000225. The van der Waals surface area contributed by atoms with Crippen molar-refractivity contribution in [2.24, 2.45) is 11.7 Å². The van der Waals surface area contributed by atoms with Crippen LogP contribution in [0, 0.1) is 12.8 Å². The van der Waals surface area contributed by atoms with Gasteiger partial charge in [0.15, 0.2) is 0 Å². The molecule has 4 heteroatoms. The summed E-state index contributed by atoms with van der Waals surface area (Å²) < 4.78 is 4.68. The first-order valence-electron chi connectivity index (χ1n) is 5.00. The van der Waals surface area contributed by atoms with Crippen molar-refractivity contribution >= 4 is 18.4 Å². The van der Waals surface area contributed by atoms with Crippen LogP contribution in [0.3, 0.4) is 0 Å². The molecule has 0 bridgehead atoms.